The lowest BCUT2D eigenvalue weighted by Crippen LogP contribution is -2.19. The third-order valence-electron chi connectivity index (χ3n) is 4.67. The molecule has 1 aromatic heterocycles. The molecule has 142 valence electrons. The van der Waals surface area contributed by atoms with E-state index in [2.05, 4.69) is 36.3 Å². The van der Waals surface area contributed by atoms with Crippen LogP contribution in [0.3, 0.4) is 0 Å². The van der Waals surface area contributed by atoms with Crippen LogP contribution in [0.25, 0.3) is 11.3 Å². The fourth-order valence-electron chi connectivity index (χ4n) is 3.22. The van der Waals surface area contributed by atoms with Crippen LogP contribution in [0.4, 0.5) is 11.5 Å². The van der Waals surface area contributed by atoms with Crippen LogP contribution in [-0.2, 0) is 0 Å². The van der Waals surface area contributed by atoms with Gasteiger partial charge in [0.05, 0.1) is 16.3 Å². The van der Waals surface area contributed by atoms with Gasteiger partial charge >= 0.3 is 0 Å². The first kappa shape index (κ1) is 18.9. The Morgan fingerprint density at radius 1 is 1.04 bits per heavy atom. The van der Waals surface area contributed by atoms with E-state index in [1.807, 2.05) is 36.4 Å². The molecule has 0 bridgehead atoms. The van der Waals surface area contributed by atoms with E-state index in [1.54, 1.807) is 18.2 Å². The van der Waals surface area contributed by atoms with Crippen LogP contribution >= 0.6 is 27.5 Å². The molecule has 7 heteroatoms. The summed E-state index contributed by atoms with van der Waals surface area (Å²) in [5.74, 6) is 0.647. The van der Waals surface area contributed by atoms with E-state index in [4.69, 9.17) is 11.6 Å². The van der Waals surface area contributed by atoms with E-state index in [0.29, 0.717) is 16.3 Å². The molecule has 5 nitrogen and oxygen atoms in total. The van der Waals surface area contributed by atoms with E-state index in [9.17, 15) is 4.79 Å². The zero-order valence-electron chi connectivity index (χ0n) is 15.0. The highest BCUT2D eigenvalue weighted by molar-refractivity contribution is 9.10. The number of carbonyl (C=O) groups excluding carboxylic acids is 1. The van der Waals surface area contributed by atoms with Crippen molar-refractivity contribution >= 4 is 44.9 Å². The van der Waals surface area contributed by atoms with Crippen molar-refractivity contribution < 1.29 is 4.79 Å². The minimum Gasteiger partial charge on any atom is -0.355 e. The van der Waals surface area contributed by atoms with E-state index in [-0.39, 0.29) is 5.91 Å². The molecule has 28 heavy (non-hydrogen) atoms. The van der Waals surface area contributed by atoms with Crippen molar-refractivity contribution in [2.45, 2.75) is 12.8 Å². The molecule has 3 aromatic rings. The van der Waals surface area contributed by atoms with Crippen molar-refractivity contribution in [3.05, 3.63) is 69.7 Å². The monoisotopic (exact) mass is 456 g/mol. The van der Waals surface area contributed by atoms with Gasteiger partial charge in [0.25, 0.3) is 5.91 Å². The predicted octanol–water partition coefficient (Wildman–Crippen LogP) is 5.41. The van der Waals surface area contributed by atoms with Gasteiger partial charge < -0.3 is 10.2 Å². The minimum absolute atomic E-state index is 0.265. The molecule has 0 spiro atoms. The Balaban J connectivity index is 1.52. The highest BCUT2D eigenvalue weighted by atomic mass is 79.9. The molecule has 0 unspecified atom stereocenters. The molecule has 1 aliphatic heterocycles. The summed E-state index contributed by atoms with van der Waals surface area (Å²) in [6.45, 7) is 2.07. The van der Waals surface area contributed by atoms with Gasteiger partial charge in [-0.15, -0.1) is 10.2 Å². The van der Waals surface area contributed by atoms with Crippen LogP contribution in [0.2, 0.25) is 5.02 Å². The summed E-state index contributed by atoms with van der Waals surface area (Å²) >= 11 is 9.51. The fourth-order valence-corrected chi connectivity index (χ4v) is 3.78. The molecule has 2 aromatic carbocycles. The summed E-state index contributed by atoms with van der Waals surface area (Å²) in [6, 6.07) is 16.7. The standard InChI is InChI=1S/C21H18BrClN4O/c22-15-6-7-18(23)17(13-15)21(28)24-16-5-3-4-14(12-16)19-8-9-20(26-25-19)27-10-1-2-11-27/h3-9,12-13H,1-2,10-11H2,(H,24,28). The van der Waals surface area contributed by atoms with Crippen molar-refractivity contribution in [3.8, 4) is 11.3 Å². The van der Waals surface area contributed by atoms with Gasteiger partial charge in [-0.25, -0.2) is 0 Å². The zero-order chi connectivity index (χ0) is 19.5. The number of nitrogens with zero attached hydrogens (tertiary/aromatic N) is 3. The van der Waals surface area contributed by atoms with Crippen molar-refractivity contribution in [3.63, 3.8) is 0 Å². The molecular formula is C21H18BrClN4O. The highest BCUT2D eigenvalue weighted by Gasteiger charge is 2.15. The molecule has 0 aliphatic carbocycles. The Hall–Kier alpha value is -2.44. The lowest BCUT2D eigenvalue weighted by molar-refractivity contribution is 0.102. The first-order chi connectivity index (χ1) is 13.6. The Kier molecular flexibility index (Phi) is 5.59. The molecule has 0 radical (unpaired) electrons. The van der Waals surface area contributed by atoms with Crippen molar-refractivity contribution in [2.24, 2.45) is 0 Å². The van der Waals surface area contributed by atoms with Crippen LogP contribution in [-0.4, -0.2) is 29.2 Å². The van der Waals surface area contributed by atoms with E-state index >= 15 is 0 Å². The Labute approximate surface area is 176 Å². The first-order valence-corrected chi connectivity index (χ1v) is 10.2. The molecule has 0 atom stereocenters. The van der Waals surface area contributed by atoms with Crippen LogP contribution in [0, 0.1) is 0 Å². The lowest BCUT2D eigenvalue weighted by Gasteiger charge is -2.15. The van der Waals surface area contributed by atoms with Crippen molar-refractivity contribution in [2.75, 3.05) is 23.3 Å². The van der Waals surface area contributed by atoms with E-state index in [1.165, 1.54) is 12.8 Å². The molecule has 0 saturated carbocycles. The Bertz CT molecular complexity index is 1000. The van der Waals surface area contributed by atoms with Gasteiger partial charge in [0.15, 0.2) is 5.82 Å². The van der Waals surface area contributed by atoms with Crippen LogP contribution in [0.1, 0.15) is 23.2 Å². The molecule has 2 heterocycles. The van der Waals surface area contributed by atoms with Gasteiger partial charge in [-0.1, -0.05) is 39.7 Å². The van der Waals surface area contributed by atoms with Gasteiger partial charge in [0.2, 0.25) is 0 Å². The van der Waals surface area contributed by atoms with Crippen molar-refractivity contribution in [1.29, 1.82) is 0 Å². The Morgan fingerprint density at radius 2 is 1.86 bits per heavy atom. The minimum atomic E-state index is -0.265. The van der Waals surface area contributed by atoms with Crippen molar-refractivity contribution in [1.82, 2.24) is 10.2 Å². The summed E-state index contributed by atoms with van der Waals surface area (Å²) in [4.78, 5) is 14.8. The van der Waals surface area contributed by atoms with Gasteiger partial charge in [-0.2, -0.15) is 0 Å². The summed E-state index contributed by atoms with van der Waals surface area (Å²) < 4.78 is 0.796. The summed E-state index contributed by atoms with van der Waals surface area (Å²) in [5.41, 5.74) is 2.73. The van der Waals surface area contributed by atoms with Crippen LogP contribution in [0.15, 0.2) is 59.1 Å². The number of hydrogen-bond acceptors (Lipinski definition) is 4. The Morgan fingerprint density at radius 3 is 2.61 bits per heavy atom. The molecular weight excluding hydrogens is 440 g/mol. The smallest absolute Gasteiger partial charge is 0.257 e. The zero-order valence-corrected chi connectivity index (χ0v) is 17.4. The summed E-state index contributed by atoms with van der Waals surface area (Å²) in [5, 5.41) is 12.0. The second kappa shape index (κ2) is 8.29. The number of aromatic nitrogens is 2. The fraction of sp³-hybridized carbons (Fsp3) is 0.190. The number of anilines is 2. The molecule has 1 amide bonds. The van der Waals surface area contributed by atoms with Gasteiger partial charge in [-0.05, 0) is 55.3 Å². The topological polar surface area (TPSA) is 58.1 Å². The largest absolute Gasteiger partial charge is 0.355 e. The van der Waals surface area contributed by atoms with Crippen LogP contribution in [0.5, 0.6) is 0 Å². The number of hydrogen-bond donors (Lipinski definition) is 1. The quantitative estimate of drug-likeness (QED) is 0.569. The third-order valence-corrected chi connectivity index (χ3v) is 5.49. The van der Waals surface area contributed by atoms with Gasteiger partial charge in [0.1, 0.15) is 0 Å². The van der Waals surface area contributed by atoms with Gasteiger partial charge in [-0.3, -0.25) is 4.79 Å². The number of benzene rings is 2. The number of halogens is 2. The number of carbonyl (C=O) groups is 1. The first-order valence-electron chi connectivity index (χ1n) is 9.06. The third kappa shape index (κ3) is 4.18. The average molecular weight is 458 g/mol. The highest BCUT2D eigenvalue weighted by Crippen LogP contribution is 2.25. The number of nitrogens with one attached hydrogen (secondary N) is 1. The number of rotatable bonds is 4. The maximum absolute atomic E-state index is 12.6. The molecule has 1 fully saturated rings. The molecule has 4 rings (SSSR count). The maximum Gasteiger partial charge on any atom is 0.257 e. The lowest BCUT2D eigenvalue weighted by atomic mass is 10.1. The maximum atomic E-state index is 12.6. The predicted molar refractivity (Wildman–Crippen MR) is 116 cm³/mol. The van der Waals surface area contributed by atoms with E-state index in [0.717, 1.165) is 34.6 Å². The van der Waals surface area contributed by atoms with E-state index < -0.39 is 0 Å². The number of amides is 1. The SMILES string of the molecule is O=C(Nc1cccc(-c2ccc(N3CCCC3)nn2)c1)c1cc(Br)ccc1Cl. The normalized spacial score (nSPS) is 13.6. The molecule has 1 aliphatic rings. The summed E-state index contributed by atoms with van der Waals surface area (Å²) in [7, 11) is 0. The van der Waals surface area contributed by atoms with Crippen LogP contribution < -0.4 is 10.2 Å². The van der Waals surface area contributed by atoms with Gasteiger partial charge in [0, 0.05) is 28.8 Å². The average Bonchev–Trinajstić information content (AvgIpc) is 3.25. The second-order valence-electron chi connectivity index (χ2n) is 6.63. The molecule has 1 N–H and O–H groups in total. The summed E-state index contributed by atoms with van der Waals surface area (Å²) in [6.07, 6.45) is 2.40. The second-order valence-corrected chi connectivity index (χ2v) is 7.95. The molecule has 1 saturated heterocycles.